The molecule has 0 spiro atoms. The molecule has 1 N–H and O–H groups in total. The van der Waals surface area contributed by atoms with Crippen LogP contribution in [-0.4, -0.2) is 23.4 Å². The van der Waals surface area contributed by atoms with E-state index in [1.165, 1.54) is 0 Å². The van der Waals surface area contributed by atoms with Crippen molar-refractivity contribution in [1.82, 2.24) is 0 Å². The van der Waals surface area contributed by atoms with Crippen LogP contribution in [0.3, 0.4) is 0 Å². The Morgan fingerprint density at radius 1 is 1.64 bits per heavy atom. The van der Waals surface area contributed by atoms with Gasteiger partial charge in [-0.05, 0) is 19.8 Å². The summed E-state index contributed by atoms with van der Waals surface area (Å²) < 4.78 is 5.49. The molecule has 1 aliphatic rings. The molecule has 0 aromatic carbocycles. The number of rotatable bonds is 2. The fraction of sp³-hybridized carbons (Fsp3) is 1.00. The smallest absolute Gasteiger partial charge is 0.0666 e. The zero-order valence-electron chi connectivity index (χ0n) is 7.47. The predicted molar refractivity (Wildman–Crippen MR) is 44.5 cm³/mol. The summed E-state index contributed by atoms with van der Waals surface area (Å²) in [6, 6.07) is 0. The van der Waals surface area contributed by atoms with E-state index < -0.39 is 5.60 Å². The van der Waals surface area contributed by atoms with Crippen LogP contribution < -0.4 is 0 Å². The molecule has 0 aliphatic carbocycles. The van der Waals surface area contributed by atoms with Gasteiger partial charge in [0.1, 0.15) is 0 Å². The van der Waals surface area contributed by atoms with E-state index in [1.807, 2.05) is 6.92 Å². The van der Waals surface area contributed by atoms with Gasteiger partial charge < -0.3 is 9.84 Å². The van der Waals surface area contributed by atoms with Crippen LogP contribution in [0.2, 0.25) is 0 Å². The summed E-state index contributed by atoms with van der Waals surface area (Å²) in [5.41, 5.74) is -0.474. The largest absolute Gasteiger partial charge is 0.390 e. The molecule has 1 rings (SSSR count). The SMILES string of the molecule is CCC[C@H]1C[C@@](C)(O)CCO1. The molecule has 0 aromatic rings. The Morgan fingerprint density at radius 2 is 2.36 bits per heavy atom. The summed E-state index contributed by atoms with van der Waals surface area (Å²) in [6.07, 6.45) is 4.11. The Morgan fingerprint density at radius 3 is 2.91 bits per heavy atom. The third-order valence-corrected chi connectivity index (χ3v) is 2.27. The van der Waals surface area contributed by atoms with Gasteiger partial charge in [-0.25, -0.2) is 0 Å². The average molecular weight is 158 g/mol. The normalized spacial score (nSPS) is 39.0. The van der Waals surface area contributed by atoms with Gasteiger partial charge in [0.2, 0.25) is 0 Å². The lowest BCUT2D eigenvalue weighted by Gasteiger charge is -2.33. The summed E-state index contributed by atoms with van der Waals surface area (Å²) >= 11 is 0. The first-order valence-electron chi connectivity index (χ1n) is 4.48. The lowest BCUT2D eigenvalue weighted by Crippen LogP contribution is -2.38. The molecule has 11 heavy (non-hydrogen) atoms. The fourth-order valence-electron chi connectivity index (χ4n) is 1.60. The first kappa shape index (κ1) is 9.01. The van der Waals surface area contributed by atoms with Crippen LogP contribution in [0.25, 0.3) is 0 Å². The highest BCUT2D eigenvalue weighted by molar-refractivity contribution is 4.80. The Labute approximate surface area is 68.6 Å². The van der Waals surface area contributed by atoms with Gasteiger partial charge in [-0.2, -0.15) is 0 Å². The van der Waals surface area contributed by atoms with Crippen molar-refractivity contribution in [2.24, 2.45) is 0 Å². The maximum atomic E-state index is 9.69. The van der Waals surface area contributed by atoms with E-state index in [0.29, 0.717) is 6.10 Å². The topological polar surface area (TPSA) is 29.5 Å². The standard InChI is InChI=1S/C9H18O2/c1-3-4-8-7-9(2,10)5-6-11-8/h8,10H,3-7H2,1-2H3/t8-,9-/m0/s1. The van der Waals surface area contributed by atoms with Gasteiger partial charge in [0.25, 0.3) is 0 Å². The third kappa shape index (κ3) is 2.80. The fourth-order valence-corrected chi connectivity index (χ4v) is 1.60. The summed E-state index contributed by atoms with van der Waals surface area (Å²) in [6.45, 7) is 4.77. The van der Waals surface area contributed by atoms with Crippen molar-refractivity contribution < 1.29 is 9.84 Å². The van der Waals surface area contributed by atoms with Crippen LogP contribution in [0.4, 0.5) is 0 Å². The molecule has 0 aromatic heterocycles. The number of aliphatic hydroxyl groups is 1. The van der Waals surface area contributed by atoms with Crippen molar-refractivity contribution in [3.8, 4) is 0 Å². The number of hydrogen-bond acceptors (Lipinski definition) is 2. The second kappa shape index (κ2) is 3.55. The number of hydrogen-bond donors (Lipinski definition) is 1. The molecule has 1 fully saturated rings. The summed E-state index contributed by atoms with van der Waals surface area (Å²) in [5.74, 6) is 0. The van der Waals surface area contributed by atoms with E-state index in [-0.39, 0.29) is 0 Å². The maximum absolute atomic E-state index is 9.69. The zero-order valence-corrected chi connectivity index (χ0v) is 7.47. The second-order valence-corrected chi connectivity index (χ2v) is 3.73. The van der Waals surface area contributed by atoms with E-state index in [9.17, 15) is 5.11 Å². The highest BCUT2D eigenvalue weighted by Gasteiger charge is 2.29. The Balaban J connectivity index is 2.34. The first-order valence-corrected chi connectivity index (χ1v) is 4.48. The summed E-state index contributed by atoms with van der Waals surface area (Å²) in [4.78, 5) is 0. The molecule has 2 heteroatoms. The molecule has 1 heterocycles. The van der Waals surface area contributed by atoms with Gasteiger partial charge in [0.15, 0.2) is 0 Å². The van der Waals surface area contributed by atoms with Gasteiger partial charge in [0.05, 0.1) is 11.7 Å². The van der Waals surface area contributed by atoms with Crippen molar-refractivity contribution >= 4 is 0 Å². The van der Waals surface area contributed by atoms with E-state index in [0.717, 1.165) is 32.3 Å². The van der Waals surface area contributed by atoms with Crippen molar-refractivity contribution in [3.63, 3.8) is 0 Å². The quantitative estimate of drug-likeness (QED) is 0.663. The molecule has 0 unspecified atom stereocenters. The van der Waals surface area contributed by atoms with Gasteiger partial charge in [-0.15, -0.1) is 0 Å². The average Bonchev–Trinajstić information content (AvgIpc) is 1.85. The van der Waals surface area contributed by atoms with Gasteiger partial charge in [-0.1, -0.05) is 13.3 Å². The minimum atomic E-state index is -0.474. The van der Waals surface area contributed by atoms with Crippen LogP contribution in [-0.2, 0) is 4.74 Å². The summed E-state index contributed by atoms with van der Waals surface area (Å²) in [7, 11) is 0. The zero-order chi connectivity index (χ0) is 8.32. The molecular formula is C9H18O2. The maximum Gasteiger partial charge on any atom is 0.0666 e. The van der Waals surface area contributed by atoms with Crippen LogP contribution >= 0.6 is 0 Å². The van der Waals surface area contributed by atoms with Crippen molar-refractivity contribution in [3.05, 3.63) is 0 Å². The van der Waals surface area contributed by atoms with Crippen molar-refractivity contribution in [2.45, 2.75) is 51.2 Å². The molecule has 0 radical (unpaired) electrons. The predicted octanol–water partition coefficient (Wildman–Crippen LogP) is 1.72. The Bertz CT molecular complexity index is 119. The van der Waals surface area contributed by atoms with Crippen LogP contribution in [0.1, 0.15) is 39.5 Å². The van der Waals surface area contributed by atoms with E-state index in [1.54, 1.807) is 0 Å². The first-order chi connectivity index (χ1) is 5.14. The molecule has 0 bridgehead atoms. The van der Waals surface area contributed by atoms with Crippen molar-refractivity contribution in [1.29, 1.82) is 0 Å². The molecule has 1 saturated heterocycles. The second-order valence-electron chi connectivity index (χ2n) is 3.73. The Kier molecular flexibility index (Phi) is 2.90. The van der Waals surface area contributed by atoms with Crippen molar-refractivity contribution in [2.75, 3.05) is 6.61 Å². The van der Waals surface area contributed by atoms with E-state index in [4.69, 9.17) is 4.74 Å². The lowest BCUT2D eigenvalue weighted by atomic mass is 9.91. The molecule has 2 nitrogen and oxygen atoms in total. The van der Waals surface area contributed by atoms with Gasteiger partial charge in [-0.3, -0.25) is 0 Å². The highest BCUT2D eigenvalue weighted by Crippen LogP contribution is 2.25. The molecule has 0 saturated carbocycles. The van der Waals surface area contributed by atoms with Crippen LogP contribution in [0.15, 0.2) is 0 Å². The number of ether oxygens (including phenoxy) is 1. The molecule has 66 valence electrons. The molecule has 0 amide bonds. The molecular weight excluding hydrogens is 140 g/mol. The Hall–Kier alpha value is -0.0800. The van der Waals surface area contributed by atoms with Crippen LogP contribution in [0.5, 0.6) is 0 Å². The third-order valence-electron chi connectivity index (χ3n) is 2.27. The minimum absolute atomic E-state index is 0.295. The lowest BCUT2D eigenvalue weighted by molar-refractivity contribution is -0.0955. The summed E-state index contributed by atoms with van der Waals surface area (Å²) in [5, 5.41) is 9.69. The van der Waals surface area contributed by atoms with E-state index >= 15 is 0 Å². The molecule has 1 aliphatic heterocycles. The molecule has 2 atom stereocenters. The highest BCUT2D eigenvalue weighted by atomic mass is 16.5. The van der Waals surface area contributed by atoms with Crippen LogP contribution in [0, 0.1) is 0 Å². The van der Waals surface area contributed by atoms with E-state index in [2.05, 4.69) is 6.92 Å². The minimum Gasteiger partial charge on any atom is -0.390 e. The van der Waals surface area contributed by atoms with Gasteiger partial charge >= 0.3 is 0 Å². The monoisotopic (exact) mass is 158 g/mol. The van der Waals surface area contributed by atoms with Gasteiger partial charge in [0, 0.05) is 13.0 Å².